The van der Waals surface area contributed by atoms with E-state index in [0.29, 0.717) is 0 Å². The molecule has 0 spiro atoms. The number of carboxylic acids is 1. The van der Waals surface area contributed by atoms with E-state index >= 15 is 0 Å². The van der Waals surface area contributed by atoms with Crippen LogP contribution >= 0.6 is 0 Å². The van der Waals surface area contributed by atoms with Gasteiger partial charge in [-0.1, -0.05) is 12.1 Å². The normalized spacial score (nSPS) is 24.1. The Labute approximate surface area is 117 Å². The number of carboxylic acid groups (broad SMARTS) is 1. The number of carbonyl (C=O) groups is 1. The van der Waals surface area contributed by atoms with E-state index in [9.17, 15) is 13.6 Å². The number of aliphatic carboxylic acids is 1. The van der Waals surface area contributed by atoms with Crippen LogP contribution in [-0.2, 0) is 4.79 Å². The average Bonchev–Trinajstić information content (AvgIpc) is 2.43. The summed E-state index contributed by atoms with van der Waals surface area (Å²) in [6.07, 6.45) is 4.63. The van der Waals surface area contributed by atoms with Gasteiger partial charge in [-0.05, 0) is 55.2 Å². The molecule has 1 aliphatic rings. The summed E-state index contributed by atoms with van der Waals surface area (Å²) >= 11 is 0. The first-order valence-corrected chi connectivity index (χ1v) is 6.83. The molecule has 108 valence electrons. The Balaban J connectivity index is 2.02. The third-order valence-electron chi connectivity index (χ3n) is 4.23. The second-order valence-electron chi connectivity index (χ2n) is 5.38. The van der Waals surface area contributed by atoms with Gasteiger partial charge in [-0.25, -0.2) is 8.78 Å². The first kappa shape index (κ1) is 14.7. The second-order valence-corrected chi connectivity index (χ2v) is 5.38. The van der Waals surface area contributed by atoms with E-state index in [4.69, 9.17) is 5.11 Å². The van der Waals surface area contributed by atoms with E-state index in [0.717, 1.165) is 37.3 Å². The van der Waals surface area contributed by atoms with Gasteiger partial charge in [0.15, 0.2) is 11.6 Å². The first-order chi connectivity index (χ1) is 9.52. The zero-order valence-electron chi connectivity index (χ0n) is 11.2. The highest BCUT2D eigenvalue weighted by Crippen LogP contribution is 2.39. The van der Waals surface area contributed by atoms with Gasteiger partial charge in [0.2, 0.25) is 0 Å². The van der Waals surface area contributed by atoms with Gasteiger partial charge in [-0.15, -0.1) is 6.58 Å². The van der Waals surface area contributed by atoms with Crippen molar-refractivity contribution in [1.29, 1.82) is 0 Å². The van der Waals surface area contributed by atoms with Crippen molar-refractivity contribution in [2.45, 2.75) is 31.6 Å². The van der Waals surface area contributed by atoms with E-state index in [1.54, 1.807) is 6.07 Å². The van der Waals surface area contributed by atoms with Gasteiger partial charge in [0, 0.05) is 0 Å². The molecule has 1 saturated carbocycles. The Morgan fingerprint density at radius 1 is 1.25 bits per heavy atom. The van der Waals surface area contributed by atoms with E-state index in [-0.39, 0.29) is 11.8 Å². The molecule has 4 heteroatoms. The van der Waals surface area contributed by atoms with Crippen LogP contribution in [0.2, 0.25) is 0 Å². The lowest BCUT2D eigenvalue weighted by Crippen LogP contribution is -2.25. The second kappa shape index (κ2) is 6.16. The summed E-state index contributed by atoms with van der Waals surface area (Å²) in [5, 5.41) is 9.11. The number of hydrogen-bond donors (Lipinski definition) is 1. The van der Waals surface area contributed by atoms with E-state index < -0.39 is 23.5 Å². The Morgan fingerprint density at radius 2 is 1.90 bits per heavy atom. The van der Waals surface area contributed by atoms with Crippen molar-refractivity contribution >= 4 is 5.97 Å². The first-order valence-electron chi connectivity index (χ1n) is 6.83. The Bertz CT molecular complexity index is 505. The molecule has 0 amide bonds. The van der Waals surface area contributed by atoms with Crippen molar-refractivity contribution in [2.24, 2.45) is 11.8 Å². The van der Waals surface area contributed by atoms with Crippen LogP contribution in [0, 0.1) is 23.5 Å². The lowest BCUT2D eigenvalue weighted by Gasteiger charge is -2.31. The largest absolute Gasteiger partial charge is 0.481 e. The fourth-order valence-corrected chi connectivity index (χ4v) is 3.07. The predicted molar refractivity (Wildman–Crippen MR) is 72.4 cm³/mol. The van der Waals surface area contributed by atoms with Gasteiger partial charge in [0.05, 0.1) is 5.92 Å². The van der Waals surface area contributed by atoms with E-state index in [1.165, 1.54) is 12.1 Å². The zero-order valence-corrected chi connectivity index (χ0v) is 11.2. The third-order valence-corrected chi connectivity index (χ3v) is 4.23. The topological polar surface area (TPSA) is 37.3 Å². The molecule has 0 radical (unpaired) electrons. The number of hydrogen-bond acceptors (Lipinski definition) is 1. The van der Waals surface area contributed by atoms with Gasteiger partial charge >= 0.3 is 5.97 Å². The standard InChI is InChI=1S/C16H18F2O2/c1-2-13(16(19)20)11-5-3-10(4-6-11)12-7-8-14(17)15(18)9-12/h2,7-11,13H,1,3-6H2,(H,19,20). The van der Waals surface area contributed by atoms with Crippen molar-refractivity contribution in [2.75, 3.05) is 0 Å². The average molecular weight is 280 g/mol. The third kappa shape index (κ3) is 3.06. The molecule has 1 aromatic carbocycles. The molecule has 0 heterocycles. The van der Waals surface area contributed by atoms with E-state index in [1.807, 2.05) is 0 Å². The summed E-state index contributed by atoms with van der Waals surface area (Å²) in [7, 11) is 0. The van der Waals surface area contributed by atoms with Gasteiger partial charge in [0.1, 0.15) is 0 Å². The molecule has 0 aromatic heterocycles. The molecule has 0 bridgehead atoms. The predicted octanol–water partition coefficient (Wildman–Crippen LogP) is 4.13. The molecular formula is C16H18F2O2. The number of halogens is 2. The summed E-state index contributed by atoms with van der Waals surface area (Å²) in [6.45, 7) is 3.58. The molecule has 1 fully saturated rings. The van der Waals surface area contributed by atoms with Crippen LogP contribution in [-0.4, -0.2) is 11.1 Å². The van der Waals surface area contributed by atoms with Crippen LogP contribution in [0.25, 0.3) is 0 Å². The van der Waals surface area contributed by atoms with Crippen LogP contribution in [0.4, 0.5) is 8.78 Å². The van der Waals surface area contributed by atoms with Crippen LogP contribution in [0.5, 0.6) is 0 Å². The lowest BCUT2D eigenvalue weighted by atomic mass is 9.74. The Morgan fingerprint density at radius 3 is 2.40 bits per heavy atom. The molecule has 2 nitrogen and oxygen atoms in total. The molecule has 0 aliphatic heterocycles. The van der Waals surface area contributed by atoms with E-state index in [2.05, 4.69) is 6.58 Å². The van der Waals surface area contributed by atoms with Crippen molar-refractivity contribution in [3.05, 3.63) is 48.1 Å². The molecule has 0 saturated heterocycles. The molecule has 1 unspecified atom stereocenters. The highest BCUT2D eigenvalue weighted by molar-refractivity contribution is 5.72. The van der Waals surface area contributed by atoms with Crippen LogP contribution in [0.1, 0.15) is 37.2 Å². The summed E-state index contributed by atoms with van der Waals surface area (Å²) in [6, 6.07) is 4.02. The Hall–Kier alpha value is -1.71. The van der Waals surface area contributed by atoms with Gasteiger partial charge in [0.25, 0.3) is 0 Å². The minimum absolute atomic E-state index is 0.0894. The minimum Gasteiger partial charge on any atom is -0.481 e. The maximum atomic E-state index is 13.2. The smallest absolute Gasteiger partial charge is 0.310 e. The molecule has 1 N–H and O–H groups in total. The number of rotatable bonds is 4. The Kier molecular flexibility index (Phi) is 4.53. The summed E-state index contributed by atoms with van der Waals surface area (Å²) in [5.41, 5.74) is 0.799. The number of benzene rings is 1. The van der Waals surface area contributed by atoms with Gasteiger partial charge < -0.3 is 5.11 Å². The molecule has 1 atom stereocenters. The molecule has 2 rings (SSSR count). The fourth-order valence-electron chi connectivity index (χ4n) is 3.07. The van der Waals surface area contributed by atoms with Gasteiger partial charge in [-0.2, -0.15) is 0 Å². The highest BCUT2D eigenvalue weighted by atomic mass is 19.2. The van der Waals surface area contributed by atoms with Crippen LogP contribution < -0.4 is 0 Å². The van der Waals surface area contributed by atoms with Crippen molar-refractivity contribution in [1.82, 2.24) is 0 Å². The summed E-state index contributed by atoms with van der Waals surface area (Å²) in [5.74, 6) is -2.73. The molecule has 1 aromatic rings. The van der Waals surface area contributed by atoms with Crippen LogP contribution in [0.3, 0.4) is 0 Å². The quantitative estimate of drug-likeness (QED) is 0.842. The van der Waals surface area contributed by atoms with Gasteiger partial charge in [-0.3, -0.25) is 4.79 Å². The monoisotopic (exact) mass is 280 g/mol. The molecule has 20 heavy (non-hydrogen) atoms. The fraction of sp³-hybridized carbons (Fsp3) is 0.438. The van der Waals surface area contributed by atoms with Crippen molar-refractivity contribution < 1.29 is 18.7 Å². The highest BCUT2D eigenvalue weighted by Gasteiger charge is 2.30. The van der Waals surface area contributed by atoms with Crippen LogP contribution in [0.15, 0.2) is 30.9 Å². The molecular weight excluding hydrogens is 262 g/mol. The molecule has 1 aliphatic carbocycles. The zero-order chi connectivity index (χ0) is 14.7. The summed E-state index contributed by atoms with van der Waals surface area (Å²) < 4.78 is 26.2. The SMILES string of the molecule is C=CC(C(=O)O)C1CCC(c2ccc(F)c(F)c2)CC1. The lowest BCUT2D eigenvalue weighted by molar-refractivity contribution is -0.142. The van der Waals surface area contributed by atoms with Crippen molar-refractivity contribution in [3.8, 4) is 0 Å². The summed E-state index contributed by atoms with van der Waals surface area (Å²) in [4.78, 5) is 11.1. The minimum atomic E-state index is -0.837. The van der Waals surface area contributed by atoms with Crippen molar-refractivity contribution in [3.63, 3.8) is 0 Å². The maximum Gasteiger partial charge on any atom is 0.310 e. The maximum absolute atomic E-state index is 13.2.